The van der Waals surface area contributed by atoms with Crippen molar-refractivity contribution in [1.29, 1.82) is 0 Å². The van der Waals surface area contributed by atoms with E-state index in [0.717, 1.165) is 36.9 Å². The fourth-order valence-corrected chi connectivity index (χ4v) is 3.91. The number of hydroxylamine groups is 1. The monoisotopic (exact) mass is 440 g/mol. The molecule has 0 amide bonds. The van der Waals surface area contributed by atoms with Gasteiger partial charge in [0.15, 0.2) is 17.3 Å². The first-order valence-electron chi connectivity index (χ1n) is 10.2. The zero-order valence-corrected chi connectivity index (χ0v) is 17.7. The third-order valence-electron chi connectivity index (χ3n) is 5.75. The van der Waals surface area contributed by atoms with Gasteiger partial charge >= 0.3 is 0 Å². The number of anilines is 2. The van der Waals surface area contributed by atoms with Crippen LogP contribution in [0.4, 0.5) is 20.3 Å². The van der Waals surface area contributed by atoms with E-state index in [1.807, 2.05) is 18.3 Å². The quantitative estimate of drug-likeness (QED) is 0.485. The molecule has 0 radical (unpaired) electrons. The van der Waals surface area contributed by atoms with E-state index in [4.69, 9.17) is 0 Å². The van der Waals surface area contributed by atoms with Crippen LogP contribution in [0.15, 0.2) is 36.8 Å². The van der Waals surface area contributed by atoms with Crippen molar-refractivity contribution in [3.05, 3.63) is 42.5 Å². The maximum atomic E-state index is 13.5. The normalized spacial score (nSPS) is 15.2. The second-order valence-corrected chi connectivity index (χ2v) is 7.89. The van der Waals surface area contributed by atoms with Crippen molar-refractivity contribution in [3.63, 3.8) is 0 Å². The number of hydrogen-bond acceptors (Lipinski definition) is 8. The molecule has 0 bridgehead atoms. The third kappa shape index (κ3) is 3.59. The Morgan fingerprint density at radius 3 is 2.56 bits per heavy atom. The van der Waals surface area contributed by atoms with Gasteiger partial charge in [0.05, 0.1) is 11.9 Å². The Morgan fingerprint density at radius 1 is 1.06 bits per heavy atom. The molecule has 5 rings (SSSR count). The lowest BCUT2D eigenvalue weighted by Gasteiger charge is -2.33. The number of halogens is 2. The van der Waals surface area contributed by atoms with Crippen LogP contribution in [0.25, 0.3) is 27.8 Å². The van der Waals surface area contributed by atoms with Crippen LogP contribution >= 0.6 is 0 Å². The van der Waals surface area contributed by atoms with E-state index in [1.165, 1.54) is 25.5 Å². The van der Waals surface area contributed by atoms with Crippen LogP contribution in [-0.2, 0) is 0 Å². The summed E-state index contributed by atoms with van der Waals surface area (Å²) in [6, 6.07) is 5.43. The number of likely N-dealkylation sites (N-methyl/N-ethyl adjacent to an activating group) is 1. The Bertz CT molecular complexity index is 1280. The standard InChI is InChI=1S/C21H22F2N8O/c1-28-5-7-30(8-6-28)13-3-4-17-26-21(27-31(17)12-13)16-11-25-19(20(22)23)15-10-24-18(29(2)32)9-14(15)16/h3-4,9-12,20,32H,5-8H2,1-2H3. The van der Waals surface area contributed by atoms with Gasteiger partial charge in [0.1, 0.15) is 5.69 Å². The van der Waals surface area contributed by atoms with Gasteiger partial charge in [-0.2, -0.15) is 0 Å². The molecule has 0 atom stereocenters. The Kier molecular flexibility index (Phi) is 5.06. The molecule has 1 N–H and O–H groups in total. The molecule has 1 fully saturated rings. The second kappa shape index (κ2) is 7.92. The van der Waals surface area contributed by atoms with Crippen molar-refractivity contribution < 1.29 is 14.0 Å². The highest BCUT2D eigenvalue weighted by Gasteiger charge is 2.20. The first-order chi connectivity index (χ1) is 15.4. The summed E-state index contributed by atoms with van der Waals surface area (Å²) in [4.78, 5) is 17.2. The summed E-state index contributed by atoms with van der Waals surface area (Å²) in [6.07, 6.45) is 1.80. The number of hydrogen-bond donors (Lipinski definition) is 1. The fraction of sp³-hybridized carbons (Fsp3) is 0.333. The number of alkyl halides is 2. The van der Waals surface area contributed by atoms with Crippen molar-refractivity contribution in [3.8, 4) is 11.4 Å². The van der Waals surface area contributed by atoms with Gasteiger partial charge in [-0.1, -0.05) is 0 Å². The predicted molar refractivity (Wildman–Crippen MR) is 116 cm³/mol. The molecule has 0 aromatic carbocycles. The van der Waals surface area contributed by atoms with Gasteiger partial charge in [-0.05, 0) is 25.2 Å². The van der Waals surface area contributed by atoms with Crippen molar-refractivity contribution in [2.75, 3.05) is 50.2 Å². The highest BCUT2D eigenvalue weighted by Crippen LogP contribution is 2.33. The summed E-state index contributed by atoms with van der Waals surface area (Å²) in [5, 5.41) is 15.8. The van der Waals surface area contributed by atoms with Crippen LogP contribution in [0, 0.1) is 0 Å². The van der Waals surface area contributed by atoms with Crippen LogP contribution in [0.1, 0.15) is 12.1 Å². The van der Waals surface area contributed by atoms with Crippen LogP contribution in [-0.4, -0.2) is 74.9 Å². The van der Waals surface area contributed by atoms with Crippen LogP contribution in [0.5, 0.6) is 0 Å². The molecule has 1 aliphatic rings. The van der Waals surface area contributed by atoms with Crippen LogP contribution < -0.4 is 9.96 Å². The number of nitrogens with zero attached hydrogens (tertiary/aromatic N) is 8. The highest BCUT2D eigenvalue weighted by molar-refractivity contribution is 5.97. The zero-order chi connectivity index (χ0) is 22.4. The smallest absolute Gasteiger partial charge is 0.281 e. The molecule has 1 saturated heterocycles. The predicted octanol–water partition coefficient (Wildman–Crippen LogP) is 2.85. The first kappa shape index (κ1) is 20.5. The summed E-state index contributed by atoms with van der Waals surface area (Å²) in [5.74, 6) is 0.572. The number of fused-ring (bicyclic) bond motifs is 2. The number of rotatable bonds is 4. The minimum Gasteiger partial charge on any atom is -0.368 e. The van der Waals surface area contributed by atoms with Gasteiger partial charge in [-0.3, -0.25) is 10.2 Å². The fourth-order valence-electron chi connectivity index (χ4n) is 3.91. The Hall–Kier alpha value is -3.44. The molecule has 0 spiro atoms. The lowest BCUT2D eigenvalue weighted by Crippen LogP contribution is -2.44. The molecule has 166 valence electrons. The topological polar surface area (TPSA) is 85.9 Å². The van der Waals surface area contributed by atoms with E-state index in [0.29, 0.717) is 22.4 Å². The number of aromatic nitrogens is 5. The molecule has 0 saturated carbocycles. The van der Waals surface area contributed by atoms with Crippen molar-refractivity contribution in [2.45, 2.75) is 6.43 Å². The minimum atomic E-state index is -2.76. The Balaban J connectivity index is 1.60. The molecule has 1 aliphatic heterocycles. The maximum absolute atomic E-state index is 13.5. The Morgan fingerprint density at radius 2 is 1.84 bits per heavy atom. The minimum absolute atomic E-state index is 0.195. The lowest BCUT2D eigenvalue weighted by atomic mass is 10.1. The van der Waals surface area contributed by atoms with Gasteiger partial charge < -0.3 is 9.80 Å². The molecule has 11 heteroatoms. The Labute approximate surface area is 182 Å². The maximum Gasteiger partial charge on any atom is 0.281 e. The van der Waals surface area contributed by atoms with E-state index in [-0.39, 0.29) is 16.9 Å². The summed E-state index contributed by atoms with van der Waals surface area (Å²) >= 11 is 0. The highest BCUT2D eigenvalue weighted by atomic mass is 19.3. The van der Waals surface area contributed by atoms with Gasteiger partial charge in [0, 0.05) is 62.0 Å². The van der Waals surface area contributed by atoms with Crippen molar-refractivity contribution in [2.24, 2.45) is 0 Å². The van der Waals surface area contributed by atoms with E-state index < -0.39 is 6.43 Å². The van der Waals surface area contributed by atoms with Gasteiger partial charge in [0.2, 0.25) is 0 Å². The summed E-state index contributed by atoms with van der Waals surface area (Å²) in [5.41, 5.74) is 1.80. The molecular formula is C21H22F2N8O. The number of piperazine rings is 1. The summed E-state index contributed by atoms with van der Waals surface area (Å²) in [7, 11) is 3.52. The molecule has 5 heterocycles. The molecular weight excluding hydrogens is 418 g/mol. The average molecular weight is 440 g/mol. The summed E-state index contributed by atoms with van der Waals surface area (Å²) in [6.45, 7) is 3.84. The molecule has 32 heavy (non-hydrogen) atoms. The van der Waals surface area contributed by atoms with E-state index in [9.17, 15) is 14.0 Å². The van der Waals surface area contributed by atoms with Crippen LogP contribution in [0.3, 0.4) is 0 Å². The molecule has 4 aromatic heterocycles. The van der Waals surface area contributed by atoms with E-state index in [1.54, 1.807) is 4.52 Å². The summed E-state index contributed by atoms with van der Waals surface area (Å²) < 4.78 is 28.7. The largest absolute Gasteiger partial charge is 0.368 e. The number of pyridine rings is 3. The first-order valence-corrected chi connectivity index (χ1v) is 10.2. The lowest BCUT2D eigenvalue weighted by molar-refractivity contribution is 0.148. The molecule has 0 aliphatic carbocycles. The SMILES string of the molecule is CN1CCN(c2ccc3nc(-c4cnc(C(F)F)c5cnc(N(C)O)cc45)nn3c2)CC1. The molecule has 4 aromatic rings. The average Bonchev–Trinajstić information content (AvgIpc) is 3.21. The third-order valence-corrected chi connectivity index (χ3v) is 5.75. The van der Waals surface area contributed by atoms with Gasteiger partial charge in [-0.25, -0.2) is 28.3 Å². The zero-order valence-electron chi connectivity index (χ0n) is 17.7. The van der Waals surface area contributed by atoms with E-state index in [2.05, 4.69) is 36.9 Å². The molecule has 9 nitrogen and oxygen atoms in total. The van der Waals surface area contributed by atoms with Crippen molar-refractivity contribution >= 4 is 27.9 Å². The van der Waals surface area contributed by atoms with Crippen molar-refractivity contribution in [1.82, 2.24) is 29.5 Å². The van der Waals surface area contributed by atoms with Gasteiger partial charge in [0.25, 0.3) is 6.43 Å². The van der Waals surface area contributed by atoms with E-state index >= 15 is 0 Å². The molecule has 0 unspecified atom stereocenters. The van der Waals surface area contributed by atoms with Gasteiger partial charge in [-0.15, -0.1) is 5.10 Å². The van der Waals surface area contributed by atoms with Crippen LogP contribution in [0.2, 0.25) is 0 Å². The second-order valence-electron chi connectivity index (χ2n) is 7.89.